The zero-order valence-corrected chi connectivity index (χ0v) is 9.78. The number of rotatable bonds is 4. The van der Waals surface area contributed by atoms with Crippen LogP contribution in [0.2, 0.25) is 0 Å². The Morgan fingerprint density at radius 3 is 2.64 bits per heavy atom. The summed E-state index contributed by atoms with van der Waals surface area (Å²) in [6.45, 7) is 3.95. The van der Waals surface area contributed by atoms with Gasteiger partial charge in [-0.05, 0) is 19.9 Å². The Morgan fingerprint density at radius 1 is 1.57 bits per heavy atom. The van der Waals surface area contributed by atoms with Crippen LogP contribution in [0, 0.1) is 0 Å². The molecule has 6 heteroatoms. The molecule has 0 saturated heterocycles. The van der Waals surface area contributed by atoms with Crippen LogP contribution in [0.5, 0.6) is 0 Å². The third-order valence-corrected chi connectivity index (χ3v) is 4.28. The third kappa shape index (κ3) is 2.78. The van der Waals surface area contributed by atoms with E-state index in [-0.39, 0.29) is 6.04 Å². The Morgan fingerprint density at radius 2 is 2.21 bits per heavy atom. The number of sulfonamides is 1. The van der Waals surface area contributed by atoms with Crippen LogP contribution in [-0.4, -0.2) is 14.5 Å². The minimum atomic E-state index is -3.34. The van der Waals surface area contributed by atoms with E-state index in [1.165, 1.54) is 11.3 Å². The minimum absolute atomic E-state index is 0.0961. The molecule has 0 atom stereocenters. The van der Waals surface area contributed by atoms with E-state index in [0.29, 0.717) is 11.4 Å². The van der Waals surface area contributed by atoms with Crippen molar-refractivity contribution in [3.8, 4) is 0 Å². The molecule has 0 radical (unpaired) electrons. The predicted octanol–water partition coefficient (Wildman–Crippen LogP) is 0.894. The summed E-state index contributed by atoms with van der Waals surface area (Å²) in [5.74, 6) is 0. The van der Waals surface area contributed by atoms with E-state index in [0.717, 1.165) is 4.88 Å². The summed E-state index contributed by atoms with van der Waals surface area (Å²) < 4.78 is 25.8. The van der Waals surface area contributed by atoms with Gasteiger partial charge in [-0.2, -0.15) is 0 Å². The zero-order chi connectivity index (χ0) is 10.8. The highest BCUT2D eigenvalue weighted by atomic mass is 32.2. The quantitative estimate of drug-likeness (QED) is 0.812. The average Bonchev–Trinajstić information content (AvgIpc) is 2.49. The fourth-order valence-electron chi connectivity index (χ4n) is 0.987. The third-order valence-electron chi connectivity index (χ3n) is 1.53. The van der Waals surface area contributed by atoms with Crippen LogP contribution >= 0.6 is 11.3 Å². The fourth-order valence-corrected chi connectivity index (χ4v) is 3.39. The van der Waals surface area contributed by atoms with Crippen LogP contribution in [-0.2, 0) is 16.6 Å². The van der Waals surface area contributed by atoms with Crippen LogP contribution in [0.25, 0.3) is 0 Å². The molecule has 0 unspecified atom stereocenters. The van der Waals surface area contributed by atoms with Gasteiger partial charge in [0, 0.05) is 22.8 Å². The van der Waals surface area contributed by atoms with Gasteiger partial charge in [-0.3, -0.25) is 0 Å². The van der Waals surface area contributed by atoms with Gasteiger partial charge in [-0.15, -0.1) is 11.3 Å². The van der Waals surface area contributed by atoms with Crippen LogP contribution in [0.15, 0.2) is 16.3 Å². The molecule has 0 aliphatic heterocycles. The van der Waals surface area contributed by atoms with E-state index in [1.54, 1.807) is 25.3 Å². The van der Waals surface area contributed by atoms with Crippen molar-refractivity contribution in [3.05, 3.63) is 16.3 Å². The predicted molar refractivity (Wildman–Crippen MR) is 57.7 cm³/mol. The highest BCUT2D eigenvalue weighted by Gasteiger charge is 2.16. The Labute approximate surface area is 88.2 Å². The molecule has 0 bridgehead atoms. The molecule has 1 aromatic heterocycles. The summed E-state index contributed by atoms with van der Waals surface area (Å²) in [6, 6.07) is 1.51. The van der Waals surface area contributed by atoms with Gasteiger partial charge >= 0.3 is 0 Å². The van der Waals surface area contributed by atoms with Gasteiger partial charge in [-0.1, -0.05) is 0 Å². The first-order valence-electron chi connectivity index (χ1n) is 4.25. The largest absolute Gasteiger partial charge is 0.326 e. The molecule has 3 N–H and O–H groups in total. The summed E-state index contributed by atoms with van der Waals surface area (Å²) in [7, 11) is -3.34. The van der Waals surface area contributed by atoms with E-state index in [1.807, 2.05) is 0 Å². The lowest BCUT2D eigenvalue weighted by atomic mass is 10.4. The monoisotopic (exact) mass is 234 g/mol. The topological polar surface area (TPSA) is 72.2 Å². The van der Waals surface area contributed by atoms with E-state index in [2.05, 4.69) is 4.72 Å². The van der Waals surface area contributed by atoms with Gasteiger partial charge < -0.3 is 5.73 Å². The maximum Gasteiger partial charge on any atom is 0.241 e. The van der Waals surface area contributed by atoms with E-state index < -0.39 is 10.0 Å². The molecule has 0 amide bonds. The highest BCUT2D eigenvalue weighted by Crippen LogP contribution is 2.18. The summed E-state index contributed by atoms with van der Waals surface area (Å²) in [5, 5.41) is 1.60. The zero-order valence-electron chi connectivity index (χ0n) is 8.15. The van der Waals surface area contributed by atoms with Crippen LogP contribution in [0.4, 0.5) is 0 Å². The van der Waals surface area contributed by atoms with Crippen molar-refractivity contribution < 1.29 is 8.42 Å². The molecule has 0 aromatic carbocycles. The molecule has 0 saturated carbocycles. The lowest BCUT2D eigenvalue weighted by Gasteiger charge is -2.07. The number of nitrogens with one attached hydrogen (secondary N) is 1. The minimum Gasteiger partial charge on any atom is -0.326 e. The van der Waals surface area contributed by atoms with Gasteiger partial charge in [-0.25, -0.2) is 13.1 Å². The summed E-state index contributed by atoms with van der Waals surface area (Å²) in [4.78, 5) is 1.17. The molecular formula is C8H14N2O2S2. The van der Waals surface area contributed by atoms with Crippen molar-refractivity contribution in [2.45, 2.75) is 31.3 Å². The normalized spacial score (nSPS) is 12.3. The second kappa shape index (κ2) is 4.39. The molecule has 1 heterocycles. The molecule has 14 heavy (non-hydrogen) atoms. The molecule has 80 valence electrons. The Kier molecular flexibility index (Phi) is 3.65. The van der Waals surface area contributed by atoms with Crippen molar-refractivity contribution in [2.75, 3.05) is 0 Å². The van der Waals surface area contributed by atoms with Crippen LogP contribution in [0.1, 0.15) is 18.7 Å². The Balaban J connectivity index is 2.93. The molecule has 0 spiro atoms. The molecule has 1 aromatic rings. The van der Waals surface area contributed by atoms with Crippen molar-refractivity contribution in [1.82, 2.24) is 4.72 Å². The SMILES string of the molecule is CC(C)NS(=O)(=O)c1csc(CN)c1. The lowest BCUT2D eigenvalue weighted by Crippen LogP contribution is -2.29. The standard InChI is InChI=1S/C8H14N2O2S2/c1-6(2)10-14(11,12)8-3-7(4-9)13-5-8/h3,5-6,10H,4,9H2,1-2H3. The smallest absolute Gasteiger partial charge is 0.241 e. The number of thiophene rings is 1. The number of hydrogen-bond donors (Lipinski definition) is 2. The van der Waals surface area contributed by atoms with Gasteiger partial charge in [0.2, 0.25) is 10.0 Å². The summed E-state index contributed by atoms with van der Waals surface area (Å²) >= 11 is 1.36. The van der Waals surface area contributed by atoms with Gasteiger partial charge in [0.15, 0.2) is 0 Å². The molecule has 1 rings (SSSR count). The first-order chi connectivity index (χ1) is 6.45. The number of hydrogen-bond acceptors (Lipinski definition) is 4. The van der Waals surface area contributed by atoms with Gasteiger partial charge in [0.25, 0.3) is 0 Å². The first-order valence-corrected chi connectivity index (χ1v) is 6.62. The van der Waals surface area contributed by atoms with Crippen molar-refractivity contribution in [2.24, 2.45) is 5.73 Å². The molecule has 0 aliphatic rings. The van der Waals surface area contributed by atoms with Crippen molar-refractivity contribution in [1.29, 1.82) is 0 Å². The second-order valence-corrected chi connectivity index (χ2v) is 5.94. The Bertz CT molecular complexity index is 395. The highest BCUT2D eigenvalue weighted by molar-refractivity contribution is 7.89. The maximum atomic E-state index is 11.6. The average molecular weight is 234 g/mol. The van der Waals surface area contributed by atoms with Gasteiger partial charge in [0.05, 0.1) is 4.90 Å². The van der Waals surface area contributed by atoms with E-state index in [9.17, 15) is 8.42 Å². The van der Waals surface area contributed by atoms with Gasteiger partial charge in [0.1, 0.15) is 0 Å². The van der Waals surface area contributed by atoms with Crippen LogP contribution in [0.3, 0.4) is 0 Å². The van der Waals surface area contributed by atoms with Crippen molar-refractivity contribution >= 4 is 21.4 Å². The first kappa shape index (κ1) is 11.6. The molecular weight excluding hydrogens is 220 g/mol. The van der Waals surface area contributed by atoms with E-state index in [4.69, 9.17) is 5.73 Å². The summed E-state index contributed by atoms with van der Waals surface area (Å²) in [5.41, 5.74) is 5.40. The summed E-state index contributed by atoms with van der Waals surface area (Å²) in [6.07, 6.45) is 0. The molecule has 0 fully saturated rings. The molecule has 0 aliphatic carbocycles. The van der Waals surface area contributed by atoms with Crippen molar-refractivity contribution in [3.63, 3.8) is 0 Å². The molecule has 4 nitrogen and oxygen atoms in total. The fraction of sp³-hybridized carbons (Fsp3) is 0.500. The lowest BCUT2D eigenvalue weighted by molar-refractivity contribution is 0.570. The maximum absolute atomic E-state index is 11.6. The second-order valence-electron chi connectivity index (χ2n) is 3.23. The number of nitrogens with two attached hydrogens (primary N) is 1. The van der Waals surface area contributed by atoms with E-state index >= 15 is 0 Å². The Hall–Kier alpha value is -0.430. The van der Waals surface area contributed by atoms with Crippen LogP contribution < -0.4 is 10.5 Å².